The molecule has 1 nitrogen and oxygen atoms in total. The zero-order valence-electron chi connectivity index (χ0n) is 9.67. The van der Waals surface area contributed by atoms with Crippen molar-refractivity contribution in [2.24, 2.45) is 0 Å². The molecule has 77 valence electrons. The highest BCUT2D eigenvalue weighted by atomic mass is 28.3. The molecular weight excluding hydrogens is 186 g/mol. The molecule has 1 rings (SSSR count). The van der Waals surface area contributed by atoms with Crippen LogP contribution in [0.25, 0.3) is 0 Å². The van der Waals surface area contributed by atoms with Gasteiger partial charge in [-0.05, 0) is 26.0 Å². The molecule has 0 aromatic heterocycles. The lowest BCUT2D eigenvalue weighted by atomic mass is 10.3. The van der Waals surface area contributed by atoms with Gasteiger partial charge in [0.15, 0.2) is 0 Å². The van der Waals surface area contributed by atoms with Gasteiger partial charge in [0.1, 0.15) is 0 Å². The van der Waals surface area contributed by atoms with Gasteiger partial charge in [0.2, 0.25) is 0 Å². The van der Waals surface area contributed by atoms with Crippen molar-refractivity contribution >= 4 is 19.7 Å². The molecule has 0 fully saturated rings. The third kappa shape index (κ3) is 2.61. The second-order valence-electron chi connectivity index (χ2n) is 3.72. The van der Waals surface area contributed by atoms with E-state index in [1.165, 1.54) is 10.9 Å². The van der Waals surface area contributed by atoms with Gasteiger partial charge >= 0.3 is 0 Å². The largest absolute Gasteiger partial charge is 0.372 e. The summed E-state index contributed by atoms with van der Waals surface area (Å²) in [5, 5.41) is 1.52. The van der Waals surface area contributed by atoms with Crippen molar-refractivity contribution in [3.63, 3.8) is 0 Å². The highest BCUT2D eigenvalue weighted by Crippen LogP contribution is 2.11. The Labute approximate surface area is 89.4 Å². The standard InChI is InChI=1S/C12H20NSi/c1-5-13(6-2)11-7-9-12(10-8-11)14(3)4/h7-10H,5-6H2,1-4H3. The third-order valence-corrected chi connectivity index (χ3v) is 4.06. The molecule has 1 radical (unpaired) electrons. The van der Waals surface area contributed by atoms with Gasteiger partial charge in [-0.3, -0.25) is 0 Å². The summed E-state index contributed by atoms with van der Waals surface area (Å²) in [6.45, 7) is 11.2. The normalized spacial score (nSPS) is 10.6. The molecule has 0 N–H and O–H groups in total. The first kappa shape index (κ1) is 11.3. The van der Waals surface area contributed by atoms with Gasteiger partial charge in [0.25, 0.3) is 0 Å². The smallest absolute Gasteiger partial charge is 0.0791 e. The van der Waals surface area contributed by atoms with Crippen molar-refractivity contribution in [1.29, 1.82) is 0 Å². The minimum atomic E-state index is -0.286. The molecule has 0 aliphatic heterocycles. The first-order valence-electron chi connectivity index (χ1n) is 5.34. The quantitative estimate of drug-likeness (QED) is 0.684. The zero-order valence-corrected chi connectivity index (χ0v) is 10.7. The first-order chi connectivity index (χ1) is 6.69. The molecule has 1 aromatic rings. The lowest BCUT2D eigenvalue weighted by Crippen LogP contribution is -2.25. The van der Waals surface area contributed by atoms with E-state index in [4.69, 9.17) is 0 Å². The van der Waals surface area contributed by atoms with E-state index in [1.54, 1.807) is 0 Å². The van der Waals surface area contributed by atoms with Crippen LogP contribution in [0.3, 0.4) is 0 Å². The van der Waals surface area contributed by atoms with E-state index in [0.717, 1.165) is 13.1 Å². The molecule has 0 bridgehead atoms. The Bertz CT molecular complexity index is 262. The molecule has 14 heavy (non-hydrogen) atoms. The number of hydrogen-bond donors (Lipinski definition) is 0. The molecule has 0 saturated carbocycles. The van der Waals surface area contributed by atoms with E-state index in [9.17, 15) is 0 Å². The lowest BCUT2D eigenvalue weighted by Gasteiger charge is -2.21. The molecule has 2 heteroatoms. The molecule has 0 aliphatic rings. The van der Waals surface area contributed by atoms with Crippen molar-refractivity contribution in [2.75, 3.05) is 18.0 Å². The van der Waals surface area contributed by atoms with E-state index in [-0.39, 0.29) is 8.80 Å². The van der Waals surface area contributed by atoms with Gasteiger partial charge in [0.05, 0.1) is 8.80 Å². The second-order valence-corrected chi connectivity index (χ2v) is 6.30. The molecule has 0 saturated heterocycles. The maximum atomic E-state index is 2.38. The van der Waals surface area contributed by atoms with Gasteiger partial charge in [-0.1, -0.05) is 30.4 Å². The maximum Gasteiger partial charge on any atom is 0.0791 e. The molecular formula is C12H20NSi. The average Bonchev–Trinajstić information content (AvgIpc) is 2.20. The summed E-state index contributed by atoms with van der Waals surface area (Å²) in [4.78, 5) is 2.38. The number of anilines is 1. The Hall–Kier alpha value is -0.763. The van der Waals surface area contributed by atoms with E-state index < -0.39 is 0 Å². The maximum absolute atomic E-state index is 2.38. The molecule has 0 heterocycles. The minimum Gasteiger partial charge on any atom is -0.372 e. The summed E-state index contributed by atoms with van der Waals surface area (Å²) in [6.07, 6.45) is 0. The molecule has 0 amide bonds. The highest BCUT2D eigenvalue weighted by molar-refractivity contribution is 6.70. The van der Waals surface area contributed by atoms with Gasteiger partial charge in [-0.2, -0.15) is 0 Å². The van der Waals surface area contributed by atoms with E-state index >= 15 is 0 Å². The fraction of sp³-hybridized carbons (Fsp3) is 0.500. The molecule has 1 aromatic carbocycles. The third-order valence-electron chi connectivity index (χ3n) is 2.57. The zero-order chi connectivity index (χ0) is 10.6. The van der Waals surface area contributed by atoms with Crippen LogP contribution in [0.2, 0.25) is 13.1 Å². The van der Waals surface area contributed by atoms with Crippen LogP contribution in [0.4, 0.5) is 5.69 Å². The average molecular weight is 206 g/mol. The summed E-state index contributed by atoms with van der Waals surface area (Å²) < 4.78 is 0. The Morgan fingerprint density at radius 3 is 1.86 bits per heavy atom. The summed E-state index contributed by atoms with van der Waals surface area (Å²) in [5.41, 5.74) is 1.35. The van der Waals surface area contributed by atoms with Gasteiger partial charge in [-0.25, -0.2) is 0 Å². The van der Waals surface area contributed by atoms with Crippen LogP contribution in [0.1, 0.15) is 13.8 Å². The van der Waals surface area contributed by atoms with Gasteiger partial charge in [-0.15, -0.1) is 0 Å². The fourth-order valence-corrected chi connectivity index (χ4v) is 2.43. The van der Waals surface area contributed by atoms with Crippen molar-refractivity contribution in [3.05, 3.63) is 24.3 Å². The van der Waals surface area contributed by atoms with Crippen LogP contribution in [-0.2, 0) is 0 Å². The Morgan fingerprint density at radius 1 is 1.00 bits per heavy atom. The summed E-state index contributed by atoms with van der Waals surface area (Å²) in [5.74, 6) is 0. The highest BCUT2D eigenvalue weighted by Gasteiger charge is 2.03. The van der Waals surface area contributed by atoms with Crippen LogP contribution in [0.5, 0.6) is 0 Å². The molecule has 0 aliphatic carbocycles. The summed E-state index contributed by atoms with van der Waals surface area (Å²) in [6, 6.07) is 9.06. The van der Waals surface area contributed by atoms with Gasteiger partial charge in [0, 0.05) is 18.8 Å². The summed E-state index contributed by atoms with van der Waals surface area (Å²) >= 11 is 0. The fourth-order valence-electron chi connectivity index (χ4n) is 1.59. The van der Waals surface area contributed by atoms with E-state index in [1.807, 2.05) is 0 Å². The van der Waals surface area contributed by atoms with E-state index in [0.29, 0.717) is 0 Å². The van der Waals surface area contributed by atoms with Crippen molar-refractivity contribution in [3.8, 4) is 0 Å². The Balaban J connectivity index is 2.81. The second kappa shape index (κ2) is 5.20. The monoisotopic (exact) mass is 206 g/mol. The number of rotatable bonds is 4. The van der Waals surface area contributed by atoms with Crippen molar-refractivity contribution in [1.82, 2.24) is 0 Å². The first-order valence-corrected chi connectivity index (χ1v) is 7.84. The van der Waals surface area contributed by atoms with E-state index in [2.05, 4.69) is 56.1 Å². The topological polar surface area (TPSA) is 3.24 Å². The van der Waals surface area contributed by atoms with Crippen LogP contribution < -0.4 is 10.1 Å². The van der Waals surface area contributed by atoms with Crippen LogP contribution in [0.15, 0.2) is 24.3 Å². The molecule has 0 atom stereocenters. The summed E-state index contributed by atoms with van der Waals surface area (Å²) in [7, 11) is -0.286. The predicted octanol–water partition coefficient (Wildman–Crippen LogP) is 2.49. The number of benzene rings is 1. The predicted molar refractivity (Wildman–Crippen MR) is 67.1 cm³/mol. The van der Waals surface area contributed by atoms with Crippen molar-refractivity contribution in [2.45, 2.75) is 26.9 Å². The number of hydrogen-bond acceptors (Lipinski definition) is 1. The number of nitrogens with zero attached hydrogens (tertiary/aromatic N) is 1. The lowest BCUT2D eigenvalue weighted by molar-refractivity contribution is 0.866. The van der Waals surface area contributed by atoms with Crippen LogP contribution >= 0.6 is 0 Å². The van der Waals surface area contributed by atoms with Gasteiger partial charge < -0.3 is 4.90 Å². The Kier molecular flexibility index (Phi) is 4.20. The SMILES string of the molecule is CCN(CC)c1ccc([Si](C)C)cc1. The van der Waals surface area contributed by atoms with Crippen LogP contribution in [0, 0.1) is 0 Å². The van der Waals surface area contributed by atoms with Crippen molar-refractivity contribution < 1.29 is 0 Å². The Morgan fingerprint density at radius 2 is 1.50 bits per heavy atom. The van der Waals surface area contributed by atoms with Crippen LogP contribution in [-0.4, -0.2) is 21.9 Å². The molecule has 0 unspecified atom stereocenters. The molecule has 0 spiro atoms. The minimum absolute atomic E-state index is 0.286.